The maximum Gasteiger partial charge on any atom is 0.328 e. The van der Waals surface area contributed by atoms with E-state index in [9.17, 15) is 14.4 Å². The molecule has 2 saturated heterocycles. The van der Waals surface area contributed by atoms with Gasteiger partial charge in [-0.25, -0.2) is 4.79 Å². The minimum absolute atomic E-state index is 0.0275. The van der Waals surface area contributed by atoms with E-state index in [0.717, 1.165) is 12.8 Å². The van der Waals surface area contributed by atoms with Crippen molar-refractivity contribution in [3.63, 3.8) is 0 Å². The average Bonchev–Trinajstić information content (AvgIpc) is 2.55. The first kappa shape index (κ1) is 17.7. The Labute approximate surface area is 137 Å². The third-order valence-corrected chi connectivity index (χ3v) is 4.73. The molecule has 0 aliphatic carbocycles. The predicted octanol–water partition coefficient (Wildman–Crippen LogP) is 0.128. The van der Waals surface area contributed by atoms with Gasteiger partial charge in [0.15, 0.2) is 0 Å². The summed E-state index contributed by atoms with van der Waals surface area (Å²) in [7, 11) is 0. The number of piperidine rings is 2. The van der Waals surface area contributed by atoms with Gasteiger partial charge in [0.25, 0.3) is 0 Å². The first-order valence-corrected chi connectivity index (χ1v) is 8.50. The maximum absolute atomic E-state index is 12.6. The summed E-state index contributed by atoms with van der Waals surface area (Å²) in [6.45, 7) is 4.39. The monoisotopic (exact) mass is 325 g/mol. The minimum Gasteiger partial charge on any atom is -0.464 e. The number of carbonyl (C=O) groups is 3. The molecular formula is C16H27N3O4. The van der Waals surface area contributed by atoms with Crippen molar-refractivity contribution in [2.45, 2.75) is 45.1 Å². The molecule has 0 spiro atoms. The van der Waals surface area contributed by atoms with E-state index in [-0.39, 0.29) is 23.7 Å². The van der Waals surface area contributed by atoms with E-state index in [1.165, 1.54) is 0 Å². The normalized spacial score (nSPS) is 23.5. The smallest absolute Gasteiger partial charge is 0.328 e. The lowest BCUT2D eigenvalue weighted by molar-refractivity contribution is -0.157. The first-order valence-electron chi connectivity index (χ1n) is 8.50. The van der Waals surface area contributed by atoms with Crippen LogP contribution in [0.5, 0.6) is 0 Å². The zero-order valence-electron chi connectivity index (χ0n) is 13.8. The quantitative estimate of drug-likeness (QED) is 0.725. The second-order valence-electron chi connectivity index (χ2n) is 6.30. The molecule has 0 bridgehead atoms. The zero-order chi connectivity index (χ0) is 16.8. The molecule has 0 radical (unpaired) electrons. The Hall–Kier alpha value is -1.63. The van der Waals surface area contributed by atoms with Crippen LogP contribution in [0.25, 0.3) is 0 Å². The molecule has 2 aliphatic rings. The number of nitrogens with two attached hydrogens (primary N) is 1. The van der Waals surface area contributed by atoms with Crippen molar-refractivity contribution in [1.29, 1.82) is 0 Å². The van der Waals surface area contributed by atoms with Crippen molar-refractivity contribution in [2.24, 2.45) is 11.7 Å². The number of nitrogens with zero attached hydrogens (tertiary/aromatic N) is 2. The van der Waals surface area contributed by atoms with Crippen molar-refractivity contribution in [1.82, 2.24) is 9.80 Å². The highest BCUT2D eigenvalue weighted by atomic mass is 16.5. The fourth-order valence-electron chi connectivity index (χ4n) is 3.37. The third kappa shape index (κ3) is 4.67. The van der Waals surface area contributed by atoms with Crippen molar-refractivity contribution in [3.05, 3.63) is 0 Å². The molecule has 7 nitrogen and oxygen atoms in total. The standard InChI is InChI=1S/C16H27N3O4/c1-2-23-16(22)13-5-3-4-8-19(13)14(20)11-18-9-6-12(7-10-18)15(17)21/h12-13H,2-11H2,1H3,(H2,17,21)/t13-/m1/s1. The largest absolute Gasteiger partial charge is 0.464 e. The molecule has 0 aromatic carbocycles. The van der Waals surface area contributed by atoms with Gasteiger partial charge in [0, 0.05) is 12.5 Å². The number of carbonyl (C=O) groups excluding carboxylic acids is 3. The molecule has 2 amide bonds. The summed E-state index contributed by atoms with van der Waals surface area (Å²) in [5.41, 5.74) is 5.33. The van der Waals surface area contributed by atoms with Crippen LogP contribution < -0.4 is 5.73 Å². The van der Waals surface area contributed by atoms with Gasteiger partial charge < -0.3 is 15.4 Å². The summed E-state index contributed by atoms with van der Waals surface area (Å²) in [6, 6.07) is -0.445. The van der Waals surface area contributed by atoms with Gasteiger partial charge in [0.05, 0.1) is 13.2 Å². The van der Waals surface area contributed by atoms with Crippen LogP contribution >= 0.6 is 0 Å². The van der Waals surface area contributed by atoms with Gasteiger partial charge in [0.2, 0.25) is 11.8 Å². The number of esters is 1. The van der Waals surface area contributed by atoms with Gasteiger partial charge in [-0.1, -0.05) is 0 Å². The van der Waals surface area contributed by atoms with Gasteiger partial charge >= 0.3 is 5.97 Å². The Bertz CT molecular complexity index is 447. The van der Waals surface area contributed by atoms with E-state index in [2.05, 4.69) is 0 Å². The van der Waals surface area contributed by atoms with Crippen molar-refractivity contribution < 1.29 is 19.1 Å². The molecule has 130 valence electrons. The minimum atomic E-state index is -0.445. The fourth-order valence-corrected chi connectivity index (χ4v) is 3.37. The van der Waals surface area contributed by atoms with E-state index in [4.69, 9.17) is 10.5 Å². The Balaban J connectivity index is 1.88. The Morgan fingerprint density at radius 1 is 1.09 bits per heavy atom. The number of likely N-dealkylation sites (tertiary alicyclic amines) is 2. The van der Waals surface area contributed by atoms with E-state index >= 15 is 0 Å². The molecule has 0 unspecified atom stereocenters. The van der Waals surface area contributed by atoms with Crippen molar-refractivity contribution in [3.8, 4) is 0 Å². The van der Waals surface area contributed by atoms with Gasteiger partial charge in [-0.2, -0.15) is 0 Å². The highest BCUT2D eigenvalue weighted by Gasteiger charge is 2.34. The molecule has 0 aromatic rings. The zero-order valence-corrected chi connectivity index (χ0v) is 13.8. The van der Waals surface area contributed by atoms with Crippen molar-refractivity contribution >= 4 is 17.8 Å². The molecule has 2 aliphatic heterocycles. The summed E-state index contributed by atoms with van der Waals surface area (Å²) in [6.07, 6.45) is 3.94. The molecule has 2 rings (SSSR count). The summed E-state index contributed by atoms with van der Waals surface area (Å²) in [5.74, 6) is -0.661. The molecule has 7 heteroatoms. The SMILES string of the molecule is CCOC(=O)[C@H]1CCCCN1C(=O)CN1CCC(C(N)=O)CC1. The molecule has 0 aromatic heterocycles. The molecule has 2 heterocycles. The van der Waals surface area contributed by atoms with Crippen LogP contribution in [0.4, 0.5) is 0 Å². The highest BCUT2D eigenvalue weighted by molar-refractivity contribution is 5.86. The Morgan fingerprint density at radius 2 is 1.78 bits per heavy atom. The second-order valence-corrected chi connectivity index (χ2v) is 6.30. The maximum atomic E-state index is 12.6. The summed E-state index contributed by atoms with van der Waals surface area (Å²) in [5, 5.41) is 0. The van der Waals surface area contributed by atoms with Crippen LogP contribution in [-0.2, 0) is 19.1 Å². The molecule has 0 saturated carbocycles. The fraction of sp³-hybridized carbons (Fsp3) is 0.812. The second kappa shape index (κ2) is 8.29. The van der Waals surface area contributed by atoms with Crippen LogP contribution in [0, 0.1) is 5.92 Å². The predicted molar refractivity (Wildman–Crippen MR) is 84.3 cm³/mol. The van der Waals surface area contributed by atoms with E-state index in [1.807, 2.05) is 4.90 Å². The molecule has 2 N–H and O–H groups in total. The van der Waals surface area contributed by atoms with Crippen LogP contribution in [0.3, 0.4) is 0 Å². The van der Waals surface area contributed by atoms with Gasteiger partial charge in [-0.3, -0.25) is 14.5 Å². The van der Waals surface area contributed by atoms with Gasteiger partial charge in [-0.15, -0.1) is 0 Å². The highest BCUT2D eigenvalue weighted by Crippen LogP contribution is 2.20. The number of hydrogen-bond donors (Lipinski definition) is 1. The molecular weight excluding hydrogens is 298 g/mol. The number of hydrogen-bond acceptors (Lipinski definition) is 5. The average molecular weight is 325 g/mol. The van der Waals surface area contributed by atoms with Crippen molar-refractivity contribution in [2.75, 3.05) is 32.8 Å². The van der Waals surface area contributed by atoms with E-state index < -0.39 is 6.04 Å². The van der Waals surface area contributed by atoms with Gasteiger partial charge in [-0.05, 0) is 52.1 Å². The number of rotatable bonds is 5. The number of amides is 2. The number of ether oxygens (including phenoxy) is 1. The van der Waals surface area contributed by atoms with E-state index in [1.54, 1.807) is 11.8 Å². The summed E-state index contributed by atoms with van der Waals surface area (Å²) < 4.78 is 5.09. The van der Waals surface area contributed by atoms with Crippen LogP contribution in [0.2, 0.25) is 0 Å². The lowest BCUT2D eigenvalue weighted by atomic mass is 9.96. The molecule has 23 heavy (non-hydrogen) atoms. The van der Waals surface area contributed by atoms with Crippen LogP contribution in [0.15, 0.2) is 0 Å². The molecule has 1 atom stereocenters. The van der Waals surface area contributed by atoms with Gasteiger partial charge in [0.1, 0.15) is 6.04 Å². The summed E-state index contributed by atoms with van der Waals surface area (Å²) >= 11 is 0. The molecule has 2 fully saturated rings. The van der Waals surface area contributed by atoms with E-state index in [0.29, 0.717) is 52.0 Å². The van der Waals surface area contributed by atoms with Crippen LogP contribution in [-0.4, -0.2) is 66.4 Å². The van der Waals surface area contributed by atoms with Crippen LogP contribution in [0.1, 0.15) is 39.0 Å². The third-order valence-electron chi connectivity index (χ3n) is 4.73. The Morgan fingerprint density at radius 3 is 2.39 bits per heavy atom. The Kier molecular flexibility index (Phi) is 6.38. The topological polar surface area (TPSA) is 92.9 Å². The number of primary amides is 1. The summed E-state index contributed by atoms with van der Waals surface area (Å²) in [4.78, 5) is 39.5. The first-order chi connectivity index (χ1) is 11.0. The lowest BCUT2D eigenvalue weighted by Gasteiger charge is -2.36. The lowest BCUT2D eigenvalue weighted by Crippen LogP contribution is -2.52.